The maximum Gasteiger partial charge on any atom is 0.306 e. The molecule has 0 aliphatic rings. The maximum absolute atomic E-state index is 12.8. The summed E-state index contributed by atoms with van der Waals surface area (Å²) in [4.78, 5) is 38.0. The number of esters is 3. The quantitative estimate of drug-likeness (QED) is 0.0199. The zero-order valence-electron chi connectivity index (χ0n) is 43.6. The summed E-state index contributed by atoms with van der Waals surface area (Å²) in [6.45, 7) is 6.39. The van der Waals surface area contributed by atoms with E-state index in [0.717, 1.165) is 89.9 Å². The first-order valence-electron chi connectivity index (χ1n) is 27.8. The van der Waals surface area contributed by atoms with Gasteiger partial charge >= 0.3 is 17.9 Å². The summed E-state index contributed by atoms with van der Waals surface area (Å²) >= 11 is 0. The van der Waals surface area contributed by atoms with Crippen LogP contribution in [-0.4, -0.2) is 37.2 Å². The van der Waals surface area contributed by atoms with E-state index < -0.39 is 6.10 Å². The molecule has 0 radical (unpaired) electrons. The number of allylic oxidation sites excluding steroid dienone is 16. The third kappa shape index (κ3) is 53.2. The van der Waals surface area contributed by atoms with Gasteiger partial charge in [-0.05, 0) is 77.0 Å². The van der Waals surface area contributed by atoms with Crippen molar-refractivity contribution in [1.82, 2.24) is 0 Å². The highest BCUT2D eigenvalue weighted by Gasteiger charge is 2.19. The molecule has 0 spiro atoms. The Bertz CT molecular complexity index is 1350. The summed E-state index contributed by atoms with van der Waals surface area (Å²) in [5.74, 6) is -1.02. The molecule has 0 bridgehead atoms. The molecule has 0 N–H and O–H groups in total. The third-order valence-corrected chi connectivity index (χ3v) is 11.6. The van der Waals surface area contributed by atoms with Crippen LogP contribution in [-0.2, 0) is 28.6 Å². The van der Waals surface area contributed by atoms with E-state index in [1.165, 1.54) is 116 Å². The van der Waals surface area contributed by atoms with Crippen LogP contribution in [0.2, 0.25) is 0 Å². The largest absolute Gasteiger partial charge is 0.462 e. The molecule has 0 aromatic rings. The van der Waals surface area contributed by atoms with Crippen LogP contribution in [0.4, 0.5) is 0 Å². The SMILES string of the molecule is CC/C=C\C/C=C\C/C=C\C/C=C\C/C=C\C/C=C\CCC(=O)OCC(COC(=O)CCCCC/C=C\C=C/CCCC)OC(=O)CCCCCCCCCCCCCCCCCCCCC. The van der Waals surface area contributed by atoms with Crippen molar-refractivity contribution in [3.63, 3.8) is 0 Å². The first kappa shape index (κ1) is 63.3. The van der Waals surface area contributed by atoms with Gasteiger partial charge in [0.1, 0.15) is 13.2 Å². The van der Waals surface area contributed by atoms with Gasteiger partial charge in [0.05, 0.1) is 0 Å². The average Bonchev–Trinajstić information content (AvgIpc) is 3.33. The minimum absolute atomic E-state index is 0.114. The first-order valence-corrected chi connectivity index (χ1v) is 27.8. The van der Waals surface area contributed by atoms with E-state index in [4.69, 9.17) is 14.2 Å². The number of ether oxygens (including phenoxy) is 3. The number of hydrogen-bond acceptors (Lipinski definition) is 6. The number of carbonyl (C=O) groups excluding carboxylic acids is 3. The molecule has 0 fully saturated rings. The lowest BCUT2D eigenvalue weighted by Gasteiger charge is -2.18. The Morgan fingerprint density at radius 3 is 1.10 bits per heavy atom. The summed E-state index contributed by atoms with van der Waals surface area (Å²) in [5.41, 5.74) is 0. The van der Waals surface area contributed by atoms with E-state index >= 15 is 0 Å². The van der Waals surface area contributed by atoms with Crippen molar-refractivity contribution in [2.75, 3.05) is 13.2 Å². The summed E-state index contributed by atoms with van der Waals surface area (Å²) in [6, 6.07) is 0. The Balaban J connectivity index is 4.46. The normalized spacial score (nSPS) is 12.8. The molecule has 0 saturated heterocycles. The second-order valence-corrected chi connectivity index (χ2v) is 18.1. The zero-order valence-corrected chi connectivity index (χ0v) is 43.6. The van der Waals surface area contributed by atoms with E-state index in [-0.39, 0.29) is 37.5 Å². The fourth-order valence-corrected chi connectivity index (χ4v) is 7.45. The highest BCUT2D eigenvalue weighted by molar-refractivity contribution is 5.71. The van der Waals surface area contributed by atoms with E-state index in [1.54, 1.807) is 0 Å². The smallest absolute Gasteiger partial charge is 0.306 e. The lowest BCUT2D eigenvalue weighted by Crippen LogP contribution is -2.30. The topological polar surface area (TPSA) is 78.9 Å². The van der Waals surface area contributed by atoms with Crippen LogP contribution in [0.1, 0.15) is 252 Å². The van der Waals surface area contributed by atoms with Crippen LogP contribution < -0.4 is 0 Å². The molecule has 1 unspecified atom stereocenters. The second-order valence-electron chi connectivity index (χ2n) is 18.1. The molecule has 67 heavy (non-hydrogen) atoms. The van der Waals surface area contributed by atoms with Gasteiger partial charge in [0.2, 0.25) is 0 Å². The maximum atomic E-state index is 12.8. The van der Waals surface area contributed by atoms with Crippen molar-refractivity contribution >= 4 is 17.9 Å². The molecule has 6 nitrogen and oxygen atoms in total. The predicted molar refractivity (Wildman–Crippen MR) is 288 cm³/mol. The minimum atomic E-state index is -0.817. The molecule has 0 rings (SSSR count). The molecule has 0 aromatic carbocycles. The van der Waals surface area contributed by atoms with E-state index in [9.17, 15) is 14.4 Å². The van der Waals surface area contributed by atoms with E-state index in [1.807, 2.05) is 6.08 Å². The fourth-order valence-electron chi connectivity index (χ4n) is 7.45. The zero-order chi connectivity index (χ0) is 48.6. The van der Waals surface area contributed by atoms with Gasteiger partial charge in [-0.3, -0.25) is 14.4 Å². The number of unbranched alkanes of at least 4 members (excludes halogenated alkanes) is 23. The average molecular weight is 931 g/mol. The molecule has 0 saturated carbocycles. The van der Waals surface area contributed by atoms with E-state index in [0.29, 0.717) is 19.3 Å². The van der Waals surface area contributed by atoms with Gasteiger partial charge in [-0.25, -0.2) is 0 Å². The highest BCUT2D eigenvalue weighted by atomic mass is 16.6. The standard InChI is InChI=1S/C61H102O6/c1-4-7-10-13-16-19-22-24-26-28-30-32-34-36-39-42-45-48-51-54-60(63)66-57-58(56-65-59(62)53-50-47-44-41-38-21-18-15-12-9-6-3)67-61(64)55-52-49-46-43-40-37-35-33-31-29-27-25-23-20-17-14-11-8-5-2/h7,10,15-16,18-19,21,24,26,30,32,36,38-39,45,48,58H,4-6,8-9,11-14,17,20,22-23,25,27-29,31,33-35,37,40-44,46-47,49-57H2,1-3H3/b10-7-,18-15-,19-16-,26-24-,32-30-,38-21-,39-36-,48-45-. The molecule has 1 atom stereocenters. The monoisotopic (exact) mass is 931 g/mol. The van der Waals surface area contributed by atoms with Gasteiger partial charge in [0.25, 0.3) is 0 Å². The van der Waals surface area contributed by atoms with Gasteiger partial charge in [-0.1, -0.05) is 253 Å². The second kappa shape index (κ2) is 54.9. The molecular formula is C61H102O6. The molecule has 0 aliphatic heterocycles. The van der Waals surface area contributed by atoms with Crippen molar-refractivity contribution in [1.29, 1.82) is 0 Å². The lowest BCUT2D eigenvalue weighted by molar-refractivity contribution is -0.166. The molecule has 0 heterocycles. The van der Waals surface area contributed by atoms with Crippen LogP contribution in [0.3, 0.4) is 0 Å². The fraction of sp³-hybridized carbons (Fsp3) is 0.689. The van der Waals surface area contributed by atoms with Gasteiger partial charge in [-0.15, -0.1) is 0 Å². The Morgan fingerprint density at radius 1 is 0.328 bits per heavy atom. The Morgan fingerprint density at radius 2 is 0.672 bits per heavy atom. The van der Waals surface area contributed by atoms with Crippen molar-refractivity contribution in [2.24, 2.45) is 0 Å². The first-order chi connectivity index (χ1) is 33.0. The molecule has 6 heteroatoms. The van der Waals surface area contributed by atoms with Crippen LogP contribution in [0.25, 0.3) is 0 Å². The lowest BCUT2D eigenvalue weighted by atomic mass is 10.0. The molecule has 382 valence electrons. The molecule has 0 amide bonds. The minimum Gasteiger partial charge on any atom is -0.462 e. The van der Waals surface area contributed by atoms with Gasteiger partial charge in [-0.2, -0.15) is 0 Å². The van der Waals surface area contributed by atoms with Crippen molar-refractivity contribution in [3.8, 4) is 0 Å². The van der Waals surface area contributed by atoms with Crippen molar-refractivity contribution in [3.05, 3.63) is 97.2 Å². The Hall–Kier alpha value is -3.67. The van der Waals surface area contributed by atoms with Gasteiger partial charge in [0.15, 0.2) is 6.10 Å². The Kier molecular flexibility index (Phi) is 51.9. The summed E-state index contributed by atoms with van der Waals surface area (Å²) in [6.07, 6.45) is 72.7. The van der Waals surface area contributed by atoms with Crippen molar-refractivity contribution < 1.29 is 28.6 Å². The summed E-state index contributed by atoms with van der Waals surface area (Å²) < 4.78 is 16.7. The third-order valence-electron chi connectivity index (χ3n) is 11.6. The van der Waals surface area contributed by atoms with Crippen LogP contribution in [0.5, 0.6) is 0 Å². The highest BCUT2D eigenvalue weighted by Crippen LogP contribution is 2.16. The number of carbonyl (C=O) groups is 3. The molecule has 0 aliphatic carbocycles. The molecular weight excluding hydrogens is 829 g/mol. The van der Waals surface area contributed by atoms with E-state index in [2.05, 4.69) is 112 Å². The van der Waals surface area contributed by atoms with Crippen LogP contribution in [0, 0.1) is 0 Å². The predicted octanol–water partition coefficient (Wildman–Crippen LogP) is 18.5. The van der Waals surface area contributed by atoms with Crippen LogP contribution >= 0.6 is 0 Å². The van der Waals surface area contributed by atoms with Gasteiger partial charge < -0.3 is 14.2 Å². The number of hydrogen-bond donors (Lipinski definition) is 0. The number of rotatable bonds is 49. The summed E-state index contributed by atoms with van der Waals surface area (Å²) in [7, 11) is 0. The van der Waals surface area contributed by atoms with Crippen LogP contribution in [0.15, 0.2) is 97.2 Å². The van der Waals surface area contributed by atoms with Crippen molar-refractivity contribution in [2.45, 2.75) is 258 Å². The summed E-state index contributed by atoms with van der Waals surface area (Å²) in [5, 5.41) is 0. The molecule has 0 aromatic heterocycles. The Labute approximate surface area is 413 Å². The van der Waals surface area contributed by atoms with Gasteiger partial charge in [0, 0.05) is 19.3 Å².